The van der Waals surface area contributed by atoms with Crippen LogP contribution in [0, 0.1) is 0 Å². The van der Waals surface area contributed by atoms with Crippen molar-refractivity contribution in [2.75, 3.05) is 24.2 Å². The van der Waals surface area contributed by atoms with Gasteiger partial charge in [-0.05, 0) is 19.8 Å². The maximum absolute atomic E-state index is 9.15. The predicted molar refractivity (Wildman–Crippen MR) is 74.1 cm³/mol. The van der Waals surface area contributed by atoms with Crippen LogP contribution < -0.4 is 11.1 Å². The van der Waals surface area contributed by atoms with Gasteiger partial charge in [0.2, 0.25) is 5.95 Å². The Kier molecular flexibility index (Phi) is 3.41. The second-order valence-corrected chi connectivity index (χ2v) is 4.76. The molecule has 8 heteroatoms. The number of nitrogens with two attached hydrogens (primary N) is 1. The Bertz CT molecular complexity index is 613. The van der Waals surface area contributed by atoms with E-state index in [2.05, 4.69) is 20.3 Å². The van der Waals surface area contributed by atoms with Crippen LogP contribution in [0.4, 0.5) is 11.8 Å². The monoisotopic (exact) mass is 278 g/mol. The van der Waals surface area contributed by atoms with Crippen LogP contribution in [0.25, 0.3) is 11.2 Å². The summed E-state index contributed by atoms with van der Waals surface area (Å²) >= 11 is 0. The van der Waals surface area contributed by atoms with Crippen LogP contribution in [0.3, 0.4) is 0 Å². The average Bonchev–Trinajstić information content (AvgIpc) is 3.04. The zero-order valence-electron chi connectivity index (χ0n) is 11.3. The molecule has 0 radical (unpaired) electrons. The van der Waals surface area contributed by atoms with E-state index in [9.17, 15) is 0 Å². The molecule has 3 heterocycles. The van der Waals surface area contributed by atoms with Gasteiger partial charge in [-0.3, -0.25) is 4.57 Å². The van der Waals surface area contributed by atoms with Gasteiger partial charge >= 0.3 is 0 Å². The molecule has 0 bridgehead atoms. The summed E-state index contributed by atoms with van der Waals surface area (Å²) < 4.78 is 7.61. The summed E-state index contributed by atoms with van der Waals surface area (Å²) in [7, 11) is 0. The second-order valence-electron chi connectivity index (χ2n) is 4.76. The average molecular weight is 278 g/mol. The molecule has 1 aliphatic heterocycles. The van der Waals surface area contributed by atoms with Crippen molar-refractivity contribution in [2.24, 2.45) is 0 Å². The first kappa shape index (κ1) is 13.1. The highest BCUT2D eigenvalue weighted by Crippen LogP contribution is 2.31. The van der Waals surface area contributed by atoms with Crippen molar-refractivity contribution in [3.8, 4) is 0 Å². The number of hydrogen-bond donors (Lipinski definition) is 3. The van der Waals surface area contributed by atoms with Gasteiger partial charge in [-0.25, -0.2) is 4.98 Å². The molecule has 108 valence electrons. The van der Waals surface area contributed by atoms with Gasteiger partial charge in [0.05, 0.1) is 19.0 Å². The predicted octanol–water partition coefficient (Wildman–Crippen LogP) is 0.510. The van der Waals surface area contributed by atoms with Crippen LogP contribution in [0.15, 0.2) is 6.33 Å². The fourth-order valence-electron chi connectivity index (χ4n) is 2.41. The summed E-state index contributed by atoms with van der Waals surface area (Å²) in [6.07, 6.45) is 3.01. The quantitative estimate of drug-likeness (QED) is 0.747. The highest BCUT2D eigenvalue weighted by atomic mass is 16.5. The fraction of sp³-hybridized carbons (Fsp3) is 0.583. The first-order valence-corrected chi connectivity index (χ1v) is 6.73. The summed E-state index contributed by atoms with van der Waals surface area (Å²) in [5.41, 5.74) is 7.13. The number of hydrogen-bond acceptors (Lipinski definition) is 7. The molecule has 1 fully saturated rings. The number of aliphatic hydroxyl groups excluding tert-OH is 1. The molecule has 0 unspecified atom stereocenters. The number of nitrogens with one attached hydrogen (secondary N) is 1. The Morgan fingerprint density at radius 3 is 3.05 bits per heavy atom. The molecule has 3 rings (SSSR count). The first-order chi connectivity index (χ1) is 9.72. The van der Waals surface area contributed by atoms with E-state index in [1.165, 1.54) is 0 Å². The molecule has 2 aromatic heterocycles. The smallest absolute Gasteiger partial charge is 0.226 e. The second kappa shape index (κ2) is 5.22. The third-order valence-electron chi connectivity index (χ3n) is 3.38. The zero-order valence-corrected chi connectivity index (χ0v) is 11.3. The summed E-state index contributed by atoms with van der Waals surface area (Å²) in [6.45, 7) is 2.71. The molecule has 8 nitrogen and oxygen atoms in total. The van der Waals surface area contributed by atoms with Crippen molar-refractivity contribution in [3.05, 3.63) is 6.33 Å². The van der Waals surface area contributed by atoms with Crippen molar-refractivity contribution >= 4 is 22.9 Å². The van der Waals surface area contributed by atoms with Crippen molar-refractivity contribution in [1.82, 2.24) is 19.5 Å². The minimum absolute atomic E-state index is 0.0306. The van der Waals surface area contributed by atoms with E-state index < -0.39 is 0 Å². The van der Waals surface area contributed by atoms with Gasteiger partial charge in [-0.1, -0.05) is 0 Å². The Morgan fingerprint density at radius 2 is 2.35 bits per heavy atom. The summed E-state index contributed by atoms with van der Waals surface area (Å²) in [6, 6.07) is 0. The van der Waals surface area contributed by atoms with Gasteiger partial charge in [0, 0.05) is 6.54 Å². The van der Waals surface area contributed by atoms with E-state index >= 15 is 0 Å². The number of aliphatic hydroxyl groups is 1. The Labute approximate surface area is 116 Å². The molecular formula is C12H18N6O2. The molecule has 1 saturated heterocycles. The number of aromatic nitrogens is 4. The Balaban J connectivity index is 1.99. The van der Waals surface area contributed by atoms with Crippen LogP contribution in [0.2, 0.25) is 0 Å². The minimum Gasteiger partial charge on any atom is -0.394 e. The van der Waals surface area contributed by atoms with Crippen molar-refractivity contribution < 1.29 is 9.84 Å². The van der Waals surface area contributed by atoms with E-state index in [4.69, 9.17) is 15.6 Å². The summed E-state index contributed by atoms with van der Waals surface area (Å²) in [5.74, 6) is 0.831. The van der Waals surface area contributed by atoms with Gasteiger partial charge in [-0.15, -0.1) is 0 Å². The number of nitrogen functional groups attached to an aromatic ring is 1. The van der Waals surface area contributed by atoms with E-state index in [0.29, 0.717) is 29.5 Å². The van der Waals surface area contributed by atoms with Crippen molar-refractivity contribution in [2.45, 2.75) is 32.1 Å². The molecule has 0 saturated carbocycles. The molecule has 0 amide bonds. The third kappa shape index (κ3) is 2.16. The molecule has 1 aliphatic rings. The third-order valence-corrected chi connectivity index (χ3v) is 3.38. The van der Waals surface area contributed by atoms with Gasteiger partial charge < -0.3 is 20.9 Å². The molecule has 0 aliphatic carbocycles. The van der Waals surface area contributed by atoms with Gasteiger partial charge in [0.1, 0.15) is 11.7 Å². The van der Waals surface area contributed by atoms with Crippen molar-refractivity contribution in [1.29, 1.82) is 0 Å². The molecular weight excluding hydrogens is 260 g/mol. The molecule has 0 spiro atoms. The SMILES string of the molecule is CCNc1nc(N)c2ncn([C@H]3CC[C@@H](CO)O3)c2n1. The lowest BCUT2D eigenvalue weighted by molar-refractivity contribution is -0.0207. The standard InChI is InChI=1S/C12H18N6O2/c1-2-14-12-16-10(13)9-11(17-12)18(6-15-9)8-4-3-7(5-19)20-8/h6-8,19H,2-5H2,1H3,(H3,13,14,16,17)/t7-,8+/m0/s1. The maximum atomic E-state index is 9.15. The topological polar surface area (TPSA) is 111 Å². The van der Waals surface area contributed by atoms with Crippen LogP contribution in [-0.4, -0.2) is 43.9 Å². The lowest BCUT2D eigenvalue weighted by atomic mass is 10.2. The molecule has 20 heavy (non-hydrogen) atoms. The van der Waals surface area contributed by atoms with Crippen molar-refractivity contribution in [3.63, 3.8) is 0 Å². The van der Waals surface area contributed by atoms with Crippen LogP contribution in [-0.2, 0) is 4.74 Å². The molecule has 4 N–H and O–H groups in total. The number of nitrogens with zero attached hydrogens (tertiary/aromatic N) is 4. The van der Waals surface area contributed by atoms with Gasteiger partial charge in [0.15, 0.2) is 11.5 Å². The van der Waals surface area contributed by atoms with E-state index in [-0.39, 0.29) is 18.9 Å². The molecule has 2 atom stereocenters. The van der Waals surface area contributed by atoms with Crippen LogP contribution >= 0.6 is 0 Å². The lowest BCUT2D eigenvalue weighted by Gasteiger charge is -2.14. The first-order valence-electron chi connectivity index (χ1n) is 6.73. The minimum atomic E-state index is -0.166. The van der Waals surface area contributed by atoms with Gasteiger partial charge in [0.25, 0.3) is 0 Å². The number of anilines is 2. The van der Waals surface area contributed by atoms with Crippen LogP contribution in [0.5, 0.6) is 0 Å². The Hall–Kier alpha value is -1.93. The molecule has 2 aromatic rings. The number of imidazole rings is 1. The normalized spacial score (nSPS) is 22.5. The van der Waals surface area contributed by atoms with E-state index in [1.54, 1.807) is 6.33 Å². The van der Waals surface area contributed by atoms with Gasteiger partial charge in [-0.2, -0.15) is 9.97 Å². The summed E-state index contributed by atoms with van der Waals surface area (Å²) in [5, 5.41) is 12.2. The number of rotatable bonds is 4. The fourth-order valence-corrected chi connectivity index (χ4v) is 2.41. The maximum Gasteiger partial charge on any atom is 0.226 e. The highest BCUT2D eigenvalue weighted by Gasteiger charge is 2.27. The molecule has 0 aromatic carbocycles. The highest BCUT2D eigenvalue weighted by molar-refractivity contribution is 5.82. The number of fused-ring (bicyclic) bond motifs is 1. The Morgan fingerprint density at radius 1 is 1.50 bits per heavy atom. The summed E-state index contributed by atoms with van der Waals surface area (Å²) in [4.78, 5) is 12.9. The number of ether oxygens (including phenoxy) is 1. The zero-order chi connectivity index (χ0) is 14.1. The largest absolute Gasteiger partial charge is 0.394 e. The lowest BCUT2D eigenvalue weighted by Crippen LogP contribution is -2.14. The van der Waals surface area contributed by atoms with E-state index in [1.807, 2.05) is 11.5 Å². The van der Waals surface area contributed by atoms with E-state index in [0.717, 1.165) is 12.8 Å². The van der Waals surface area contributed by atoms with Crippen LogP contribution in [0.1, 0.15) is 26.0 Å².